The lowest BCUT2D eigenvalue weighted by Crippen LogP contribution is -2.02. The quantitative estimate of drug-likeness (QED) is 0.604. The van der Waals surface area contributed by atoms with E-state index in [1.807, 2.05) is 0 Å². The number of nitrogens with zero attached hydrogens (tertiary/aromatic N) is 1. The molecule has 17 heavy (non-hydrogen) atoms. The Morgan fingerprint density at radius 2 is 1.94 bits per heavy atom. The zero-order valence-corrected chi connectivity index (χ0v) is 10.9. The van der Waals surface area contributed by atoms with Crippen molar-refractivity contribution in [1.29, 1.82) is 0 Å². The number of hydrogen-bond acceptors (Lipinski definition) is 1. The molecule has 2 heterocycles. The molecule has 1 aromatic heterocycles. The maximum Gasteiger partial charge on any atom is 0.0409 e. The molecule has 0 unspecified atom stereocenters. The van der Waals surface area contributed by atoms with E-state index in [0.717, 1.165) is 12.8 Å². The van der Waals surface area contributed by atoms with Crippen LogP contribution in [0.25, 0.3) is 0 Å². The van der Waals surface area contributed by atoms with Gasteiger partial charge in [-0.05, 0) is 56.6 Å². The van der Waals surface area contributed by atoms with Crippen LogP contribution in [0.5, 0.6) is 0 Å². The van der Waals surface area contributed by atoms with Crippen molar-refractivity contribution < 1.29 is 0 Å². The van der Waals surface area contributed by atoms with Gasteiger partial charge in [-0.25, -0.2) is 0 Å². The second-order valence-corrected chi connectivity index (χ2v) is 5.24. The molecule has 0 aliphatic carbocycles. The molecule has 1 aliphatic heterocycles. The second-order valence-electron chi connectivity index (χ2n) is 5.24. The van der Waals surface area contributed by atoms with Crippen molar-refractivity contribution >= 4 is 0 Å². The first-order valence-electron chi connectivity index (χ1n) is 6.94. The number of rotatable bonds is 0. The van der Waals surface area contributed by atoms with Crippen molar-refractivity contribution in [3.8, 4) is 0 Å². The van der Waals surface area contributed by atoms with Gasteiger partial charge in [0.15, 0.2) is 0 Å². The topological polar surface area (TPSA) is 12.9 Å². The fourth-order valence-corrected chi connectivity index (χ4v) is 2.41. The monoisotopic (exact) mass is 229 g/mol. The van der Waals surface area contributed by atoms with Crippen molar-refractivity contribution in [3.05, 3.63) is 41.7 Å². The molecule has 92 valence electrons. The molecule has 0 amide bonds. The van der Waals surface area contributed by atoms with E-state index in [1.54, 1.807) is 0 Å². The lowest BCUT2D eigenvalue weighted by atomic mass is 10.0. The fraction of sp³-hybridized carbons (Fsp3) is 0.562. The molecule has 0 radical (unpaired) electrons. The van der Waals surface area contributed by atoms with Crippen LogP contribution in [0.3, 0.4) is 0 Å². The van der Waals surface area contributed by atoms with Gasteiger partial charge in [0.1, 0.15) is 0 Å². The number of fused-ring (bicyclic) bond motifs is 2. The largest absolute Gasteiger partial charge is 0.258 e. The van der Waals surface area contributed by atoms with Crippen LogP contribution in [0.15, 0.2) is 30.4 Å². The van der Waals surface area contributed by atoms with E-state index >= 15 is 0 Å². The molecule has 0 N–H and O–H groups in total. The maximum atomic E-state index is 4.76. The summed E-state index contributed by atoms with van der Waals surface area (Å²) in [7, 11) is 0. The van der Waals surface area contributed by atoms with E-state index in [-0.39, 0.29) is 0 Å². The minimum Gasteiger partial charge on any atom is -0.258 e. The standard InChI is InChI=1S/C16H23N/c1-14-9-6-4-2-3-5-7-10-15-11-8-12-16(13-14)17-15/h4,6,8,11-12,14H,2-3,5,7,9-10,13H2,1H3/t14-/m1/s1. The van der Waals surface area contributed by atoms with Crippen LogP contribution in [0.4, 0.5) is 0 Å². The van der Waals surface area contributed by atoms with Crippen LogP contribution < -0.4 is 0 Å². The average Bonchev–Trinajstić information content (AvgIpc) is 2.33. The number of aryl methyl sites for hydroxylation is 1. The Hall–Kier alpha value is -1.11. The normalized spacial score (nSPS) is 22.3. The van der Waals surface area contributed by atoms with Gasteiger partial charge in [-0.1, -0.05) is 31.6 Å². The molecule has 2 rings (SSSR count). The molecule has 0 saturated carbocycles. The molecule has 0 fully saturated rings. The summed E-state index contributed by atoms with van der Waals surface area (Å²) in [6.07, 6.45) is 13.3. The lowest BCUT2D eigenvalue weighted by molar-refractivity contribution is 0.579. The van der Waals surface area contributed by atoms with Gasteiger partial charge >= 0.3 is 0 Å². The van der Waals surface area contributed by atoms with Crippen molar-refractivity contribution in [3.63, 3.8) is 0 Å². The van der Waals surface area contributed by atoms with Gasteiger partial charge in [0, 0.05) is 11.4 Å². The highest BCUT2D eigenvalue weighted by molar-refractivity contribution is 5.12. The third-order valence-electron chi connectivity index (χ3n) is 3.43. The molecule has 2 bridgehead atoms. The number of pyridine rings is 1. The Morgan fingerprint density at radius 3 is 2.88 bits per heavy atom. The van der Waals surface area contributed by atoms with Crippen LogP contribution >= 0.6 is 0 Å². The van der Waals surface area contributed by atoms with Crippen LogP contribution in [0.2, 0.25) is 0 Å². The van der Waals surface area contributed by atoms with Crippen molar-refractivity contribution in [1.82, 2.24) is 4.98 Å². The first-order valence-corrected chi connectivity index (χ1v) is 6.94. The predicted molar refractivity (Wildman–Crippen MR) is 73.0 cm³/mol. The molecule has 1 heteroatoms. The number of hydrogen-bond donors (Lipinski definition) is 0. The smallest absolute Gasteiger partial charge is 0.0409 e. The minimum absolute atomic E-state index is 0.703. The Bertz CT molecular complexity index is 368. The zero-order valence-electron chi connectivity index (χ0n) is 10.9. The van der Waals surface area contributed by atoms with Gasteiger partial charge in [0.2, 0.25) is 0 Å². The van der Waals surface area contributed by atoms with Gasteiger partial charge in [-0.15, -0.1) is 0 Å². The third-order valence-corrected chi connectivity index (χ3v) is 3.43. The minimum atomic E-state index is 0.703. The highest BCUT2D eigenvalue weighted by atomic mass is 14.7. The van der Waals surface area contributed by atoms with E-state index in [2.05, 4.69) is 37.3 Å². The van der Waals surface area contributed by atoms with E-state index in [0.29, 0.717) is 5.92 Å². The van der Waals surface area contributed by atoms with Crippen LogP contribution in [0.1, 0.15) is 50.4 Å². The molecule has 0 spiro atoms. The molecular weight excluding hydrogens is 206 g/mol. The van der Waals surface area contributed by atoms with Crippen LogP contribution in [-0.4, -0.2) is 4.98 Å². The summed E-state index contributed by atoms with van der Waals surface area (Å²) >= 11 is 0. The van der Waals surface area contributed by atoms with Gasteiger partial charge < -0.3 is 0 Å². The molecule has 0 saturated heterocycles. The van der Waals surface area contributed by atoms with Crippen molar-refractivity contribution in [2.75, 3.05) is 0 Å². The molecule has 1 aliphatic rings. The average molecular weight is 229 g/mol. The molecule has 1 atom stereocenters. The predicted octanol–water partition coefficient (Wildman–Crippen LogP) is 4.32. The molecular formula is C16H23N. The van der Waals surface area contributed by atoms with Crippen molar-refractivity contribution in [2.45, 2.75) is 51.9 Å². The summed E-state index contributed by atoms with van der Waals surface area (Å²) in [6, 6.07) is 6.51. The van der Waals surface area contributed by atoms with Crippen LogP contribution in [0, 0.1) is 5.92 Å². The Balaban J connectivity index is 2.07. The number of aromatic nitrogens is 1. The fourth-order valence-electron chi connectivity index (χ4n) is 2.41. The SMILES string of the molecule is C[C@@H]1CC=CCCCCCc2cccc(n2)C1. The van der Waals surface area contributed by atoms with Gasteiger partial charge in [0.25, 0.3) is 0 Å². The summed E-state index contributed by atoms with van der Waals surface area (Å²) in [6.45, 7) is 2.32. The Morgan fingerprint density at radius 1 is 1.06 bits per heavy atom. The van der Waals surface area contributed by atoms with E-state index in [9.17, 15) is 0 Å². The maximum absolute atomic E-state index is 4.76. The summed E-state index contributed by atoms with van der Waals surface area (Å²) in [4.78, 5) is 4.76. The van der Waals surface area contributed by atoms with Crippen molar-refractivity contribution in [2.24, 2.45) is 5.92 Å². The summed E-state index contributed by atoms with van der Waals surface area (Å²) in [5.41, 5.74) is 2.55. The van der Waals surface area contributed by atoms with Crippen LogP contribution in [-0.2, 0) is 12.8 Å². The molecule has 1 aromatic rings. The van der Waals surface area contributed by atoms with Gasteiger partial charge in [0.05, 0.1) is 0 Å². The van der Waals surface area contributed by atoms with E-state index in [4.69, 9.17) is 4.98 Å². The Labute approximate surface area is 105 Å². The summed E-state index contributed by atoms with van der Waals surface area (Å²) in [5, 5.41) is 0. The summed E-state index contributed by atoms with van der Waals surface area (Å²) in [5.74, 6) is 0.703. The van der Waals surface area contributed by atoms with E-state index in [1.165, 1.54) is 43.5 Å². The first kappa shape index (κ1) is 12.3. The lowest BCUT2D eigenvalue weighted by Gasteiger charge is -2.09. The van der Waals surface area contributed by atoms with Gasteiger partial charge in [-0.2, -0.15) is 0 Å². The second kappa shape index (κ2) is 6.58. The molecule has 0 aromatic carbocycles. The van der Waals surface area contributed by atoms with E-state index < -0.39 is 0 Å². The first-order chi connectivity index (χ1) is 8.34. The zero-order chi connectivity index (χ0) is 11.9. The Kier molecular flexibility index (Phi) is 4.78. The highest BCUT2D eigenvalue weighted by Crippen LogP contribution is 2.14. The van der Waals surface area contributed by atoms with Gasteiger partial charge in [-0.3, -0.25) is 4.98 Å². The third kappa shape index (κ3) is 4.33. The summed E-state index contributed by atoms with van der Waals surface area (Å²) < 4.78 is 0. The highest BCUT2D eigenvalue weighted by Gasteiger charge is 2.05. The number of allylic oxidation sites excluding steroid dienone is 2. The molecule has 1 nitrogen and oxygen atoms in total.